The first-order chi connectivity index (χ1) is 11.6. The lowest BCUT2D eigenvalue weighted by Crippen LogP contribution is -2.29. The molecule has 0 bridgehead atoms. The zero-order valence-corrected chi connectivity index (χ0v) is 14.1. The molecule has 1 aliphatic heterocycles. The lowest BCUT2D eigenvalue weighted by atomic mass is 10.1. The molecule has 1 fully saturated rings. The number of para-hydroxylation sites is 1. The van der Waals surface area contributed by atoms with Crippen LogP contribution in [0, 0.1) is 0 Å². The largest absolute Gasteiger partial charge is 0.493 e. The molecule has 0 spiro atoms. The quantitative estimate of drug-likeness (QED) is 0.664. The maximum Gasteiger partial charge on any atom is 0.276 e. The molecular formula is C17H16N2O4S. The Morgan fingerprint density at radius 1 is 1.25 bits per heavy atom. The molecule has 124 valence electrons. The van der Waals surface area contributed by atoms with Gasteiger partial charge in [0, 0.05) is 5.56 Å². The Labute approximate surface area is 144 Å². The van der Waals surface area contributed by atoms with E-state index in [9.17, 15) is 4.79 Å². The first-order valence-electron chi connectivity index (χ1n) is 7.22. The summed E-state index contributed by atoms with van der Waals surface area (Å²) < 4.78 is 15.9. The minimum atomic E-state index is -0.221. The third-order valence-corrected chi connectivity index (χ3v) is 3.91. The number of amides is 1. The van der Waals surface area contributed by atoms with Gasteiger partial charge < -0.3 is 19.2 Å². The molecule has 6 nitrogen and oxygen atoms in total. The Balaban J connectivity index is 1.89. The van der Waals surface area contributed by atoms with E-state index in [1.54, 1.807) is 44.8 Å². The van der Waals surface area contributed by atoms with Crippen LogP contribution in [-0.2, 0) is 11.3 Å². The van der Waals surface area contributed by atoms with Crippen molar-refractivity contribution < 1.29 is 18.7 Å². The highest BCUT2D eigenvalue weighted by Gasteiger charge is 2.31. The number of carbonyl (C=O) groups excluding carboxylic acids is 1. The van der Waals surface area contributed by atoms with Crippen LogP contribution in [0.25, 0.3) is 6.08 Å². The summed E-state index contributed by atoms with van der Waals surface area (Å²) in [5.74, 6) is 1.58. The Kier molecular flexibility index (Phi) is 4.52. The van der Waals surface area contributed by atoms with Gasteiger partial charge in [0.15, 0.2) is 16.6 Å². The van der Waals surface area contributed by atoms with Gasteiger partial charge in [-0.2, -0.15) is 0 Å². The summed E-state index contributed by atoms with van der Waals surface area (Å²) in [6.07, 6.45) is 3.25. The summed E-state index contributed by atoms with van der Waals surface area (Å²) in [7, 11) is 3.12. The number of hydrogen-bond donors (Lipinski definition) is 1. The van der Waals surface area contributed by atoms with Crippen molar-refractivity contribution in [3.05, 3.63) is 53.6 Å². The highest BCUT2D eigenvalue weighted by Crippen LogP contribution is 2.32. The van der Waals surface area contributed by atoms with Gasteiger partial charge in [-0.3, -0.25) is 9.69 Å². The van der Waals surface area contributed by atoms with Crippen molar-refractivity contribution in [1.29, 1.82) is 0 Å². The van der Waals surface area contributed by atoms with Crippen molar-refractivity contribution in [1.82, 2.24) is 10.2 Å². The minimum absolute atomic E-state index is 0.221. The van der Waals surface area contributed by atoms with Crippen LogP contribution in [0.15, 0.2) is 46.7 Å². The van der Waals surface area contributed by atoms with E-state index < -0.39 is 0 Å². The first kappa shape index (κ1) is 16.1. The van der Waals surface area contributed by atoms with E-state index in [2.05, 4.69) is 5.32 Å². The number of carbonyl (C=O) groups is 1. The lowest BCUT2D eigenvalue weighted by molar-refractivity contribution is -0.122. The fraction of sp³-hybridized carbons (Fsp3) is 0.176. The zero-order valence-electron chi connectivity index (χ0n) is 13.2. The van der Waals surface area contributed by atoms with Crippen molar-refractivity contribution in [3.8, 4) is 11.5 Å². The number of nitrogens with one attached hydrogen (secondary N) is 1. The second-order valence-corrected chi connectivity index (χ2v) is 5.43. The monoisotopic (exact) mass is 344 g/mol. The summed E-state index contributed by atoms with van der Waals surface area (Å²) in [5, 5.41) is 3.27. The van der Waals surface area contributed by atoms with Crippen LogP contribution in [0.4, 0.5) is 0 Å². The van der Waals surface area contributed by atoms with Crippen molar-refractivity contribution in [2.75, 3.05) is 14.2 Å². The van der Waals surface area contributed by atoms with E-state index >= 15 is 0 Å². The number of hydrogen-bond acceptors (Lipinski definition) is 5. The molecule has 0 aliphatic carbocycles. The van der Waals surface area contributed by atoms with Crippen LogP contribution < -0.4 is 14.8 Å². The SMILES string of the molecule is COc1cccc(/C=C2/NC(=S)N(Cc3ccco3)C2=O)c1OC. The average Bonchev–Trinajstić information content (AvgIpc) is 3.19. The summed E-state index contributed by atoms with van der Waals surface area (Å²) >= 11 is 5.25. The van der Waals surface area contributed by atoms with Crippen molar-refractivity contribution in [2.24, 2.45) is 0 Å². The van der Waals surface area contributed by atoms with Crippen LogP contribution in [0.5, 0.6) is 11.5 Å². The van der Waals surface area contributed by atoms with E-state index in [1.165, 1.54) is 4.90 Å². The molecule has 0 radical (unpaired) electrons. The Hall–Kier alpha value is -2.80. The van der Waals surface area contributed by atoms with Gasteiger partial charge in [-0.25, -0.2) is 0 Å². The van der Waals surface area contributed by atoms with Gasteiger partial charge in [0.2, 0.25) is 0 Å². The van der Waals surface area contributed by atoms with E-state index in [0.717, 1.165) is 5.56 Å². The Morgan fingerprint density at radius 3 is 2.75 bits per heavy atom. The van der Waals surface area contributed by atoms with Crippen molar-refractivity contribution >= 4 is 29.3 Å². The topological polar surface area (TPSA) is 63.9 Å². The second-order valence-electron chi connectivity index (χ2n) is 5.04. The predicted octanol–water partition coefficient (Wildman–Crippen LogP) is 2.55. The molecule has 1 amide bonds. The van der Waals surface area contributed by atoms with Gasteiger partial charge in [-0.05, 0) is 36.5 Å². The summed E-state index contributed by atoms with van der Waals surface area (Å²) in [6, 6.07) is 9.01. The van der Waals surface area contributed by atoms with Crippen LogP contribution >= 0.6 is 12.2 Å². The number of benzene rings is 1. The van der Waals surface area contributed by atoms with Gasteiger partial charge in [0.1, 0.15) is 11.5 Å². The summed E-state index contributed by atoms with van der Waals surface area (Å²) in [6.45, 7) is 0.282. The molecule has 0 saturated carbocycles. The third kappa shape index (κ3) is 2.98. The number of nitrogens with zero attached hydrogens (tertiary/aromatic N) is 1. The van der Waals surface area contributed by atoms with Crippen LogP contribution in [0.2, 0.25) is 0 Å². The van der Waals surface area contributed by atoms with E-state index in [-0.39, 0.29) is 12.5 Å². The fourth-order valence-corrected chi connectivity index (χ4v) is 2.71. The van der Waals surface area contributed by atoms with Gasteiger partial charge in [-0.1, -0.05) is 12.1 Å². The molecule has 24 heavy (non-hydrogen) atoms. The molecule has 3 rings (SSSR count). The molecule has 0 unspecified atom stereocenters. The maximum absolute atomic E-state index is 12.6. The van der Waals surface area contributed by atoms with E-state index in [4.69, 9.17) is 26.1 Å². The average molecular weight is 344 g/mol. The first-order valence-corrected chi connectivity index (χ1v) is 7.62. The van der Waals surface area contributed by atoms with Gasteiger partial charge in [0.25, 0.3) is 5.91 Å². The van der Waals surface area contributed by atoms with Gasteiger partial charge in [0.05, 0.1) is 27.0 Å². The number of ether oxygens (including phenoxy) is 2. The summed E-state index contributed by atoms with van der Waals surface area (Å²) in [5.41, 5.74) is 1.09. The van der Waals surface area contributed by atoms with Gasteiger partial charge >= 0.3 is 0 Å². The number of methoxy groups -OCH3 is 2. The normalized spacial score (nSPS) is 15.8. The second kappa shape index (κ2) is 6.76. The summed E-state index contributed by atoms with van der Waals surface area (Å²) in [4.78, 5) is 14.0. The minimum Gasteiger partial charge on any atom is -0.493 e. The van der Waals surface area contributed by atoms with Crippen LogP contribution in [0.3, 0.4) is 0 Å². The van der Waals surface area contributed by atoms with E-state index in [0.29, 0.717) is 28.1 Å². The third-order valence-electron chi connectivity index (χ3n) is 3.59. The van der Waals surface area contributed by atoms with Crippen molar-refractivity contribution in [2.45, 2.75) is 6.54 Å². The molecule has 1 aromatic heterocycles. The van der Waals surface area contributed by atoms with Gasteiger partial charge in [-0.15, -0.1) is 0 Å². The van der Waals surface area contributed by atoms with Crippen LogP contribution in [-0.4, -0.2) is 30.1 Å². The molecule has 1 saturated heterocycles. The maximum atomic E-state index is 12.6. The number of furan rings is 1. The smallest absolute Gasteiger partial charge is 0.276 e. The molecule has 0 atom stereocenters. The lowest BCUT2D eigenvalue weighted by Gasteiger charge is -2.11. The molecule has 1 aromatic carbocycles. The highest BCUT2D eigenvalue weighted by molar-refractivity contribution is 7.80. The Morgan fingerprint density at radius 2 is 2.08 bits per heavy atom. The number of thiocarbonyl (C=S) groups is 1. The van der Waals surface area contributed by atoms with Crippen LogP contribution in [0.1, 0.15) is 11.3 Å². The predicted molar refractivity (Wildman–Crippen MR) is 92.5 cm³/mol. The molecule has 2 aromatic rings. The molecule has 1 N–H and O–H groups in total. The fourth-order valence-electron chi connectivity index (χ4n) is 2.45. The van der Waals surface area contributed by atoms with Crippen molar-refractivity contribution in [3.63, 3.8) is 0 Å². The Bertz CT molecular complexity index is 799. The number of rotatable bonds is 5. The molecule has 7 heteroatoms. The molecular weight excluding hydrogens is 328 g/mol. The zero-order chi connectivity index (χ0) is 17.1. The van der Waals surface area contributed by atoms with E-state index in [1.807, 2.05) is 12.1 Å². The standard InChI is InChI=1S/C17H16N2O4S/c1-21-14-7-3-5-11(15(14)22-2)9-13-16(20)19(17(24)18-13)10-12-6-4-8-23-12/h3-9H,10H2,1-2H3,(H,18,24)/b13-9+. The molecule has 1 aliphatic rings. The highest BCUT2D eigenvalue weighted by atomic mass is 32.1. The molecule has 2 heterocycles.